The smallest absolute Gasteiger partial charge is 0.278 e. The fraction of sp³-hybridized carbons (Fsp3) is 0.500. The van der Waals surface area contributed by atoms with Crippen LogP contribution < -0.4 is 11.3 Å². The summed E-state index contributed by atoms with van der Waals surface area (Å²) in [5.41, 5.74) is 5.96. The molecule has 0 aliphatic heterocycles. The van der Waals surface area contributed by atoms with E-state index in [0.717, 1.165) is 18.7 Å². The van der Waals surface area contributed by atoms with Crippen molar-refractivity contribution in [3.05, 3.63) is 16.2 Å². The molecule has 0 radical (unpaired) electrons. The monoisotopic (exact) mass is 221 g/mol. The van der Waals surface area contributed by atoms with Crippen LogP contribution >= 0.6 is 0 Å². The Morgan fingerprint density at radius 2 is 2.12 bits per heavy atom. The van der Waals surface area contributed by atoms with Gasteiger partial charge < -0.3 is 10.7 Å². The number of nitrogens with one attached hydrogen (secondary N) is 2. The molecular weight excluding hydrogens is 206 g/mol. The maximum absolute atomic E-state index is 11.5. The summed E-state index contributed by atoms with van der Waals surface area (Å²) in [6, 6.07) is 0. The van der Waals surface area contributed by atoms with E-state index < -0.39 is 0 Å². The lowest BCUT2D eigenvalue weighted by Crippen LogP contribution is -2.10. The van der Waals surface area contributed by atoms with Gasteiger partial charge in [-0.05, 0) is 6.42 Å². The average Bonchev–Trinajstić information content (AvgIpc) is 2.62. The van der Waals surface area contributed by atoms with Crippen LogP contribution in [-0.2, 0) is 0 Å². The van der Waals surface area contributed by atoms with Crippen molar-refractivity contribution in [1.29, 1.82) is 0 Å². The van der Waals surface area contributed by atoms with Crippen LogP contribution in [0.1, 0.15) is 38.4 Å². The zero-order valence-corrected chi connectivity index (χ0v) is 9.37. The lowest BCUT2D eigenvalue weighted by Gasteiger charge is -2.04. The SMILES string of the molecule is CCCC(C)c1nc2nc(N)[nH]c(=O)c2[nH]1. The van der Waals surface area contributed by atoms with Crippen LogP contribution in [0, 0.1) is 0 Å². The number of nitrogens with two attached hydrogens (primary N) is 1. The Balaban J connectivity index is 2.51. The molecule has 86 valence electrons. The number of rotatable bonds is 3. The van der Waals surface area contributed by atoms with Gasteiger partial charge >= 0.3 is 0 Å². The van der Waals surface area contributed by atoms with E-state index in [0.29, 0.717) is 17.1 Å². The number of H-pyrrole nitrogens is 2. The van der Waals surface area contributed by atoms with Crippen LogP contribution in [0.5, 0.6) is 0 Å². The first-order valence-corrected chi connectivity index (χ1v) is 5.37. The molecule has 0 aliphatic rings. The van der Waals surface area contributed by atoms with Crippen molar-refractivity contribution in [3.63, 3.8) is 0 Å². The van der Waals surface area contributed by atoms with Crippen molar-refractivity contribution in [2.45, 2.75) is 32.6 Å². The molecule has 2 rings (SSSR count). The molecule has 0 fully saturated rings. The third-order valence-electron chi connectivity index (χ3n) is 2.59. The highest BCUT2D eigenvalue weighted by Gasteiger charge is 2.13. The van der Waals surface area contributed by atoms with Crippen LogP contribution in [0.15, 0.2) is 4.79 Å². The minimum Gasteiger partial charge on any atom is -0.369 e. The number of aromatic nitrogens is 4. The van der Waals surface area contributed by atoms with Gasteiger partial charge in [-0.2, -0.15) is 4.98 Å². The molecule has 1 unspecified atom stereocenters. The van der Waals surface area contributed by atoms with Gasteiger partial charge in [0.2, 0.25) is 5.95 Å². The summed E-state index contributed by atoms with van der Waals surface area (Å²) in [6.45, 7) is 4.18. The Kier molecular flexibility index (Phi) is 2.64. The van der Waals surface area contributed by atoms with Gasteiger partial charge in [0, 0.05) is 5.92 Å². The van der Waals surface area contributed by atoms with E-state index in [-0.39, 0.29) is 11.5 Å². The highest BCUT2D eigenvalue weighted by atomic mass is 16.1. The topological polar surface area (TPSA) is 100 Å². The van der Waals surface area contributed by atoms with E-state index in [4.69, 9.17) is 5.73 Å². The summed E-state index contributed by atoms with van der Waals surface area (Å²) >= 11 is 0. The third kappa shape index (κ3) is 1.78. The quantitative estimate of drug-likeness (QED) is 0.723. The normalized spacial score (nSPS) is 13.1. The Bertz CT molecular complexity index is 556. The second-order valence-electron chi connectivity index (χ2n) is 3.96. The number of fused-ring (bicyclic) bond motifs is 1. The molecular formula is C10H15N5O. The fourth-order valence-electron chi connectivity index (χ4n) is 1.75. The van der Waals surface area contributed by atoms with Gasteiger partial charge in [0.05, 0.1) is 0 Å². The molecule has 6 heteroatoms. The van der Waals surface area contributed by atoms with E-state index >= 15 is 0 Å². The average molecular weight is 221 g/mol. The zero-order valence-electron chi connectivity index (χ0n) is 9.37. The van der Waals surface area contributed by atoms with Gasteiger partial charge in [-0.15, -0.1) is 0 Å². The van der Waals surface area contributed by atoms with E-state index in [9.17, 15) is 4.79 Å². The summed E-state index contributed by atoms with van der Waals surface area (Å²) in [5.74, 6) is 1.18. The molecule has 0 spiro atoms. The molecule has 4 N–H and O–H groups in total. The second-order valence-corrected chi connectivity index (χ2v) is 3.96. The van der Waals surface area contributed by atoms with Crippen LogP contribution in [0.4, 0.5) is 5.95 Å². The van der Waals surface area contributed by atoms with Crippen molar-refractivity contribution >= 4 is 17.1 Å². The molecule has 2 aromatic heterocycles. The molecule has 6 nitrogen and oxygen atoms in total. The summed E-state index contributed by atoms with van der Waals surface area (Å²) in [6.07, 6.45) is 2.09. The standard InChI is InChI=1S/C10H15N5O/c1-3-4-5(2)7-12-6-8(13-7)14-10(11)15-9(6)16/h5H,3-4H2,1-2H3,(H4,11,12,13,14,15,16). The maximum Gasteiger partial charge on any atom is 0.278 e. The van der Waals surface area contributed by atoms with Crippen LogP contribution in [0.3, 0.4) is 0 Å². The van der Waals surface area contributed by atoms with Crippen LogP contribution in [0.2, 0.25) is 0 Å². The maximum atomic E-state index is 11.5. The first-order valence-electron chi connectivity index (χ1n) is 5.37. The molecule has 2 aromatic rings. The number of imidazole rings is 1. The summed E-state index contributed by atoms with van der Waals surface area (Å²) < 4.78 is 0. The number of nitrogen functional groups attached to an aromatic ring is 1. The number of hydrogen-bond donors (Lipinski definition) is 3. The molecule has 16 heavy (non-hydrogen) atoms. The number of aromatic amines is 2. The van der Waals surface area contributed by atoms with Gasteiger partial charge in [-0.3, -0.25) is 9.78 Å². The largest absolute Gasteiger partial charge is 0.369 e. The molecule has 0 saturated carbocycles. The van der Waals surface area contributed by atoms with Crippen molar-refractivity contribution in [2.75, 3.05) is 5.73 Å². The van der Waals surface area contributed by atoms with Gasteiger partial charge in [0.1, 0.15) is 5.82 Å². The highest BCUT2D eigenvalue weighted by Crippen LogP contribution is 2.18. The third-order valence-corrected chi connectivity index (χ3v) is 2.59. The van der Waals surface area contributed by atoms with Crippen LogP contribution in [-0.4, -0.2) is 19.9 Å². The summed E-state index contributed by atoms with van der Waals surface area (Å²) in [7, 11) is 0. The van der Waals surface area contributed by atoms with E-state index in [1.54, 1.807) is 0 Å². The molecule has 0 saturated heterocycles. The van der Waals surface area contributed by atoms with Crippen molar-refractivity contribution in [2.24, 2.45) is 0 Å². The Morgan fingerprint density at radius 3 is 2.81 bits per heavy atom. The number of hydrogen-bond acceptors (Lipinski definition) is 4. The highest BCUT2D eigenvalue weighted by molar-refractivity contribution is 5.70. The van der Waals surface area contributed by atoms with Gasteiger partial charge in [-0.25, -0.2) is 4.98 Å². The molecule has 1 atom stereocenters. The number of anilines is 1. The predicted octanol–water partition coefficient (Wildman–Crippen LogP) is 1.13. The minimum absolute atomic E-state index is 0.0960. The van der Waals surface area contributed by atoms with Gasteiger partial charge in [0.25, 0.3) is 5.56 Å². The first-order chi connectivity index (χ1) is 7.61. The molecule has 0 bridgehead atoms. The Labute approximate surface area is 92.3 Å². The van der Waals surface area contributed by atoms with E-state index in [2.05, 4.69) is 33.8 Å². The molecule has 0 aromatic carbocycles. The summed E-state index contributed by atoms with van der Waals surface area (Å²) in [4.78, 5) is 25.3. The Hall–Kier alpha value is -1.85. The molecule has 0 aliphatic carbocycles. The fourth-order valence-corrected chi connectivity index (χ4v) is 1.75. The van der Waals surface area contributed by atoms with Crippen molar-refractivity contribution < 1.29 is 0 Å². The van der Waals surface area contributed by atoms with Gasteiger partial charge in [0.15, 0.2) is 11.2 Å². The van der Waals surface area contributed by atoms with Crippen molar-refractivity contribution in [3.8, 4) is 0 Å². The summed E-state index contributed by atoms with van der Waals surface area (Å²) in [5, 5.41) is 0. The van der Waals surface area contributed by atoms with Gasteiger partial charge in [-0.1, -0.05) is 20.3 Å². The molecule has 0 amide bonds. The first kappa shape index (κ1) is 10.7. The van der Waals surface area contributed by atoms with Crippen LogP contribution in [0.25, 0.3) is 11.2 Å². The lowest BCUT2D eigenvalue weighted by atomic mass is 10.1. The second kappa shape index (κ2) is 3.96. The zero-order chi connectivity index (χ0) is 11.7. The number of nitrogens with zero attached hydrogens (tertiary/aromatic N) is 2. The Morgan fingerprint density at radius 1 is 1.38 bits per heavy atom. The lowest BCUT2D eigenvalue weighted by molar-refractivity contribution is 0.635. The van der Waals surface area contributed by atoms with Crippen molar-refractivity contribution in [1.82, 2.24) is 19.9 Å². The molecule has 2 heterocycles. The van der Waals surface area contributed by atoms with E-state index in [1.165, 1.54) is 0 Å². The predicted molar refractivity (Wildman–Crippen MR) is 62.2 cm³/mol. The minimum atomic E-state index is -0.273. The van der Waals surface area contributed by atoms with E-state index in [1.807, 2.05) is 0 Å².